The molecule has 0 aliphatic heterocycles. The highest BCUT2D eigenvalue weighted by atomic mass is 79.9. The first-order valence-corrected chi connectivity index (χ1v) is 6.59. The number of nitrogens with zero attached hydrogens (tertiary/aromatic N) is 1. The minimum atomic E-state index is -4.15. The van der Waals surface area contributed by atoms with Crippen LogP contribution in [0.4, 0.5) is 0 Å². The standard InChI is InChI=1S/C8H7BrN2O3S/c9-4-8-6-3-5(15(12,13)14)1-2-7(6)10-11-8/h1-3H,4H2,(H,10,11)(H,12,13,14). The molecule has 1 aromatic carbocycles. The quantitative estimate of drug-likeness (QED) is 0.651. The molecule has 0 aliphatic rings. The van der Waals surface area contributed by atoms with Crippen LogP contribution in [0.25, 0.3) is 10.9 Å². The topological polar surface area (TPSA) is 83.1 Å². The van der Waals surface area contributed by atoms with E-state index < -0.39 is 10.1 Å². The molecule has 15 heavy (non-hydrogen) atoms. The Bertz CT molecular complexity index is 605. The van der Waals surface area contributed by atoms with Crippen molar-refractivity contribution >= 4 is 37.0 Å². The summed E-state index contributed by atoms with van der Waals surface area (Å²) in [6, 6.07) is 4.25. The predicted molar refractivity (Wildman–Crippen MR) is 58.5 cm³/mol. The maximum atomic E-state index is 10.9. The third-order valence-corrected chi connectivity index (χ3v) is 3.45. The van der Waals surface area contributed by atoms with E-state index in [-0.39, 0.29) is 4.90 Å². The number of halogens is 1. The molecular weight excluding hydrogens is 284 g/mol. The van der Waals surface area contributed by atoms with E-state index in [0.29, 0.717) is 16.2 Å². The fourth-order valence-electron chi connectivity index (χ4n) is 1.30. The maximum Gasteiger partial charge on any atom is 0.294 e. The summed E-state index contributed by atoms with van der Waals surface area (Å²) in [5.74, 6) is 0. The lowest BCUT2D eigenvalue weighted by Crippen LogP contribution is -1.97. The Morgan fingerprint density at radius 3 is 2.80 bits per heavy atom. The Balaban J connectivity index is 2.73. The number of aromatic amines is 1. The molecule has 1 aromatic heterocycles. The van der Waals surface area contributed by atoms with Crippen LogP contribution in [-0.2, 0) is 15.4 Å². The van der Waals surface area contributed by atoms with Crippen molar-refractivity contribution < 1.29 is 13.0 Å². The molecule has 7 heteroatoms. The van der Waals surface area contributed by atoms with Crippen LogP contribution in [0, 0.1) is 0 Å². The van der Waals surface area contributed by atoms with Crippen LogP contribution in [0.3, 0.4) is 0 Å². The average Bonchev–Trinajstić information content (AvgIpc) is 2.57. The summed E-state index contributed by atoms with van der Waals surface area (Å²) in [5, 5.41) is 7.97. The highest BCUT2D eigenvalue weighted by molar-refractivity contribution is 9.08. The van der Waals surface area contributed by atoms with Crippen molar-refractivity contribution in [2.75, 3.05) is 0 Å². The lowest BCUT2D eigenvalue weighted by atomic mass is 10.2. The summed E-state index contributed by atoms with van der Waals surface area (Å²) in [4.78, 5) is -0.126. The van der Waals surface area contributed by atoms with Crippen LogP contribution in [0.5, 0.6) is 0 Å². The van der Waals surface area contributed by atoms with E-state index in [4.69, 9.17) is 4.55 Å². The van der Waals surface area contributed by atoms with Crippen LogP contribution in [0.1, 0.15) is 5.69 Å². The van der Waals surface area contributed by atoms with Crippen molar-refractivity contribution in [1.82, 2.24) is 10.2 Å². The molecule has 0 unspecified atom stereocenters. The van der Waals surface area contributed by atoms with Crippen molar-refractivity contribution in [3.05, 3.63) is 23.9 Å². The molecule has 0 saturated carbocycles. The van der Waals surface area contributed by atoms with E-state index in [2.05, 4.69) is 26.1 Å². The second-order valence-corrected chi connectivity index (χ2v) is 4.97. The Labute approximate surface area is 94.4 Å². The van der Waals surface area contributed by atoms with Gasteiger partial charge in [-0.3, -0.25) is 9.65 Å². The van der Waals surface area contributed by atoms with Gasteiger partial charge in [0.25, 0.3) is 10.1 Å². The van der Waals surface area contributed by atoms with Gasteiger partial charge in [0.2, 0.25) is 0 Å². The molecule has 0 fully saturated rings. The van der Waals surface area contributed by atoms with E-state index in [1.165, 1.54) is 12.1 Å². The smallest absolute Gasteiger partial charge is 0.282 e. The third-order valence-electron chi connectivity index (χ3n) is 2.04. The SMILES string of the molecule is O=S(=O)(O)c1ccc2n[nH]c(CBr)c2c1. The molecule has 2 N–H and O–H groups in total. The number of rotatable bonds is 2. The van der Waals surface area contributed by atoms with Crippen molar-refractivity contribution in [3.63, 3.8) is 0 Å². The minimum absolute atomic E-state index is 0.126. The van der Waals surface area contributed by atoms with Crippen molar-refractivity contribution in [3.8, 4) is 0 Å². The van der Waals surface area contributed by atoms with Gasteiger partial charge in [0.15, 0.2) is 0 Å². The second kappa shape index (κ2) is 3.58. The highest BCUT2D eigenvalue weighted by Crippen LogP contribution is 2.21. The monoisotopic (exact) mass is 290 g/mol. The number of hydrogen-bond donors (Lipinski definition) is 2. The van der Waals surface area contributed by atoms with Gasteiger partial charge in [-0.05, 0) is 18.2 Å². The lowest BCUT2D eigenvalue weighted by molar-refractivity contribution is 0.483. The summed E-state index contributed by atoms with van der Waals surface area (Å²) in [6.07, 6.45) is 0. The summed E-state index contributed by atoms with van der Waals surface area (Å²) in [5.41, 5.74) is 1.44. The first kappa shape index (κ1) is 10.6. The summed E-state index contributed by atoms with van der Waals surface area (Å²) in [6.45, 7) is 0. The second-order valence-electron chi connectivity index (χ2n) is 2.99. The zero-order valence-electron chi connectivity index (χ0n) is 7.44. The van der Waals surface area contributed by atoms with E-state index in [0.717, 1.165) is 5.69 Å². The van der Waals surface area contributed by atoms with Gasteiger partial charge in [0.1, 0.15) is 0 Å². The Morgan fingerprint density at radius 1 is 1.47 bits per heavy atom. The number of nitrogens with one attached hydrogen (secondary N) is 1. The number of hydrogen-bond acceptors (Lipinski definition) is 3. The maximum absolute atomic E-state index is 10.9. The van der Waals surface area contributed by atoms with Gasteiger partial charge < -0.3 is 0 Å². The van der Waals surface area contributed by atoms with Gasteiger partial charge in [-0.25, -0.2) is 0 Å². The number of benzene rings is 1. The van der Waals surface area contributed by atoms with Crippen LogP contribution in [0.15, 0.2) is 23.1 Å². The molecule has 2 aromatic rings. The first-order valence-electron chi connectivity index (χ1n) is 4.03. The molecule has 0 atom stereocenters. The molecule has 2 rings (SSSR count). The molecular formula is C8H7BrN2O3S. The molecule has 5 nitrogen and oxygen atoms in total. The normalized spacial score (nSPS) is 12.1. The van der Waals surface area contributed by atoms with Crippen LogP contribution in [0.2, 0.25) is 0 Å². The number of fused-ring (bicyclic) bond motifs is 1. The number of alkyl halides is 1. The van der Waals surface area contributed by atoms with E-state index in [9.17, 15) is 8.42 Å². The van der Waals surface area contributed by atoms with Crippen LogP contribution >= 0.6 is 15.9 Å². The number of aromatic nitrogens is 2. The van der Waals surface area contributed by atoms with Gasteiger partial charge in [-0.15, -0.1) is 0 Å². The van der Waals surface area contributed by atoms with E-state index >= 15 is 0 Å². The van der Waals surface area contributed by atoms with Crippen molar-refractivity contribution in [2.45, 2.75) is 10.2 Å². The highest BCUT2D eigenvalue weighted by Gasteiger charge is 2.12. The van der Waals surface area contributed by atoms with Gasteiger partial charge in [0.05, 0.1) is 16.1 Å². The Morgan fingerprint density at radius 2 is 2.20 bits per heavy atom. The Kier molecular flexibility index (Phi) is 2.53. The summed E-state index contributed by atoms with van der Waals surface area (Å²) in [7, 11) is -4.15. The fraction of sp³-hybridized carbons (Fsp3) is 0.125. The van der Waals surface area contributed by atoms with Gasteiger partial charge >= 0.3 is 0 Å². The molecule has 1 heterocycles. The van der Waals surface area contributed by atoms with Gasteiger partial charge in [-0.2, -0.15) is 13.5 Å². The molecule has 0 aliphatic carbocycles. The molecule has 0 spiro atoms. The molecule has 0 bridgehead atoms. The summed E-state index contributed by atoms with van der Waals surface area (Å²) < 4.78 is 30.7. The molecule has 80 valence electrons. The van der Waals surface area contributed by atoms with Crippen molar-refractivity contribution in [2.24, 2.45) is 0 Å². The predicted octanol–water partition coefficient (Wildman–Crippen LogP) is 1.70. The van der Waals surface area contributed by atoms with Crippen LogP contribution < -0.4 is 0 Å². The average molecular weight is 291 g/mol. The number of H-pyrrole nitrogens is 1. The molecule has 0 amide bonds. The van der Waals surface area contributed by atoms with Gasteiger partial charge in [-0.1, -0.05) is 15.9 Å². The minimum Gasteiger partial charge on any atom is -0.282 e. The van der Waals surface area contributed by atoms with Gasteiger partial charge in [0, 0.05) is 10.7 Å². The first-order chi connectivity index (χ1) is 7.02. The van der Waals surface area contributed by atoms with E-state index in [1.54, 1.807) is 6.07 Å². The Hall–Kier alpha value is -0.920. The summed E-state index contributed by atoms with van der Waals surface area (Å²) >= 11 is 3.25. The van der Waals surface area contributed by atoms with E-state index in [1.807, 2.05) is 0 Å². The zero-order chi connectivity index (χ0) is 11.1. The molecule has 0 saturated heterocycles. The largest absolute Gasteiger partial charge is 0.294 e. The fourth-order valence-corrected chi connectivity index (χ4v) is 2.24. The van der Waals surface area contributed by atoms with Crippen LogP contribution in [-0.4, -0.2) is 23.2 Å². The lowest BCUT2D eigenvalue weighted by Gasteiger charge is -1.97. The molecule has 0 radical (unpaired) electrons. The van der Waals surface area contributed by atoms with Crippen molar-refractivity contribution in [1.29, 1.82) is 0 Å². The zero-order valence-corrected chi connectivity index (χ0v) is 9.84. The third kappa shape index (κ3) is 1.90.